The Morgan fingerprint density at radius 1 is 0.914 bits per heavy atom. The molecule has 0 saturated carbocycles. The molecule has 1 saturated heterocycles. The van der Waals surface area contributed by atoms with Crippen molar-refractivity contribution in [2.45, 2.75) is 0 Å². The molecule has 0 aromatic heterocycles. The van der Waals surface area contributed by atoms with Crippen LogP contribution in [0.5, 0.6) is 0 Å². The van der Waals surface area contributed by atoms with Gasteiger partial charge in [0, 0.05) is 55.4 Å². The van der Waals surface area contributed by atoms with Gasteiger partial charge in [0.2, 0.25) is 0 Å². The first kappa shape index (κ1) is 23.3. The first-order valence-corrected chi connectivity index (χ1v) is 12.0. The topological polar surface area (TPSA) is 93.8 Å². The Kier molecular flexibility index (Phi) is 6.42. The van der Waals surface area contributed by atoms with Crippen LogP contribution in [0, 0.1) is 0 Å². The van der Waals surface area contributed by atoms with Gasteiger partial charge in [-0.2, -0.15) is 0 Å². The van der Waals surface area contributed by atoms with E-state index in [0.29, 0.717) is 39.7 Å². The Morgan fingerprint density at radius 3 is 2.14 bits per heavy atom. The van der Waals surface area contributed by atoms with Gasteiger partial charge in [0.15, 0.2) is 0 Å². The van der Waals surface area contributed by atoms with Crippen LogP contribution in [0.15, 0.2) is 59.7 Å². The summed E-state index contributed by atoms with van der Waals surface area (Å²) in [5, 5.41) is 9.11. The standard InChI is InChI=1S/C26H26ClN5O3/c1-31-10-12-32(13-11-31)9-8-28-24(33)18-6-2-4-16(14-18)22-20-21(26(35)29-22)23(30-25(20)34)17-5-3-7-19(27)15-17/h2-7,14-15H,8-13H2,1H3,(H,28,33)(H,29,35)(H,30,34). The number of carbonyl (C=O) groups excluding carboxylic acids is 3. The van der Waals surface area contributed by atoms with Gasteiger partial charge in [-0.1, -0.05) is 35.9 Å². The summed E-state index contributed by atoms with van der Waals surface area (Å²) in [5.74, 6) is -0.933. The molecule has 0 bridgehead atoms. The van der Waals surface area contributed by atoms with E-state index in [1.165, 1.54) is 0 Å². The Bertz CT molecular complexity index is 1280. The zero-order valence-electron chi connectivity index (χ0n) is 19.4. The minimum absolute atomic E-state index is 0.192. The highest BCUT2D eigenvalue weighted by atomic mass is 35.5. The van der Waals surface area contributed by atoms with Crippen LogP contribution in [-0.2, 0) is 9.59 Å². The van der Waals surface area contributed by atoms with E-state index < -0.39 is 0 Å². The predicted octanol–water partition coefficient (Wildman–Crippen LogP) is 1.70. The second-order valence-corrected chi connectivity index (χ2v) is 9.34. The highest BCUT2D eigenvalue weighted by Gasteiger charge is 2.40. The summed E-state index contributed by atoms with van der Waals surface area (Å²) in [6, 6.07) is 13.9. The van der Waals surface area contributed by atoms with Crippen molar-refractivity contribution in [1.82, 2.24) is 25.8 Å². The molecule has 3 aliphatic heterocycles. The zero-order valence-corrected chi connectivity index (χ0v) is 20.1. The molecule has 3 heterocycles. The Labute approximate surface area is 208 Å². The van der Waals surface area contributed by atoms with Crippen LogP contribution < -0.4 is 16.0 Å². The molecule has 5 rings (SSSR count). The average Bonchev–Trinajstić information content (AvgIpc) is 3.38. The molecule has 9 heteroatoms. The lowest BCUT2D eigenvalue weighted by Gasteiger charge is -2.32. The highest BCUT2D eigenvalue weighted by Crippen LogP contribution is 2.37. The van der Waals surface area contributed by atoms with E-state index in [1.54, 1.807) is 48.5 Å². The molecule has 0 atom stereocenters. The van der Waals surface area contributed by atoms with Gasteiger partial charge in [0.05, 0.1) is 22.5 Å². The maximum atomic E-state index is 12.9. The SMILES string of the molecule is CN1CCN(CCNC(=O)c2cccc(C3=C4C(=O)NC(c5cccc(Cl)c5)=C4C(=O)N3)c2)CC1. The van der Waals surface area contributed by atoms with E-state index in [4.69, 9.17) is 11.6 Å². The maximum Gasteiger partial charge on any atom is 0.258 e. The van der Waals surface area contributed by atoms with Crippen molar-refractivity contribution in [1.29, 1.82) is 0 Å². The molecule has 2 aromatic carbocycles. The van der Waals surface area contributed by atoms with E-state index in [0.717, 1.165) is 32.7 Å². The number of hydrogen-bond acceptors (Lipinski definition) is 5. The zero-order chi connectivity index (χ0) is 24.5. The van der Waals surface area contributed by atoms with Crippen LogP contribution >= 0.6 is 11.6 Å². The third-order valence-electron chi connectivity index (χ3n) is 6.52. The number of amides is 3. The molecular weight excluding hydrogens is 466 g/mol. The molecule has 3 amide bonds. The number of benzene rings is 2. The molecule has 1 fully saturated rings. The minimum atomic E-state index is -0.370. The Hall–Kier alpha value is -3.46. The molecule has 3 N–H and O–H groups in total. The quantitative estimate of drug-likeness (QED) is 0.572. The number of nitrogens with one attached hydrogen (secondary N) is 3. The largest absolute Gasteiger partial charge is 0.351 e. The smallest absolute Gasteiger partial charge is 0.258 e. The van der Waals surface area contributed by atoms with Crippen molar-refractivity contribution >= 4 is 40.7 Å². The summed E-state index contributed by atoms with van der Waals surface area (Å²) >= 11 is 6.11. The predicted molar refractivity (Wildman–Crippen MR) is 134 cm³/mol. The number of likely N-dealkylation sites (N-methyl/N-ethyl adjacent to an activating group) is 1. The van der Waals surface area contributed by atoms with Gasteiger partial charge >= 0.3 is 0 Å². The van der Waals surface area contributed by atoms with Crippen molar-refractivity contribution in [3.05, 3.63) is 81.4 Å². The maximum absolute atomic E-state index is 12.9. The molecule has 3 aliphatic rings. The summed E-state index contributed by atoms with van der Waals surface area (Å²) in [7, 11) is 2.11. The minimum Gasteiger partial charge on any atom is -0.351 e. The van der Waals surface area contributed by atoms with Crippen molar-refractivity contribution in [2.24, 2.45) is 0 Å². The lowest BCUT2D eigenvalue weighted by Crippen LogP contribution is -2.46. The molecule has 8 nitrogen and oxygen atoms in total. The van der Waals surface area contributed by atoms with Crippen LogP contribution in [0.4, 0.5) is 0 Å². The molecule has 180 valence electrons. The summed E-state index contributed by atoms with van der Waals surface area (Å²) in [6.07, 6.45) is 0. The number of nitrogens with zero attached hydrogens (tertiary/aromatic N) is 2. The monoisotopic (exact) mass is 491 g/mol. The fraction of sp³-hybridized carbons (Fsp3) is 0.269. The lowest BCUT2D eigenvalue weighted by molar-refractivity contribution is -0.117. The number of halogens is 1. The fourth-order valence-corrected chi connectivity index (χ4v) is 4.77. The second-order valence-electron chi connectivity index (χ2n) is 8.90. The van der Waals surface area contributed by atoms with Crippen molar-refractivity contribution in [3.8, 4) is 0 Å². The summed E-state index contributed by atoms with van der Waals surface area (Å²) < 4.78 is 0. The molecule has 0 unspecified atom stereocenters. The Morgan fingerprint density at radius 2 is 1.51 bits per heavy atom. The van der Waals surface area contributed by atoms with E-state index in [1.807, 2.05) is 0 Å². The number of carbonyl (C=O) groups is 3. The molecule has 35 heavy (non-hydrogen) atoms. The lowest BCUT2D eigenvalue weighted by atomic mass is 10.0. The van der Waals surface area contributed by atoms with Gasteiger partial charge in [-0.15, -0.1) is 0 Å². The molecule has 0 radical (unpaired) electrons. The summed E-state index contributed by atoms with van der Waals surface area (Å²) in [5.41, 5.74) is 3.10. The number of hydrogen-bond donors (Lipinski definition) is 3. The summed E-state index contributed by atoms with van der Waals surface area (Å²) in [6.45, 7) is 5.40. The van der Waals surface area contributed by atoms with Crippen molar-refractivity contribution in [2.75, 3.05) is 46.3 Å². The van der Waals surface area contributed by atoms with Gasteiger partial charge < -0.3 is 20.9 Å². The van der Waals surface area contributed by atoms with E-state index >= 15 is 0 Å². The third-order valence-corrected chi connectivity index (χ3v) is 6.75. The second kappa shape index (κ2) is 9.65. The highest BCUT2D eigenvalue weighted by molar-refractivity contribution is 6.32. The van der Waals surface area contributed by atoms with Crippen LogP contribution in [0.25, 0.3) is 11.4 Å². The van der Waals surface area contributed by atoms with Crippen LogP contribution in [-0.4, -0.2) is 73.8 Å². The third kappa shape index (κ3) is 4.73. The molecule has 2 aromatic rings. The first-order valence-electron chi connectivity index (χ1n) is 11.6. The van der Waals surface area contributed by atoms with E-state index in [-0.39, 0.29) is 28.9 Å². The summed E-state index contributed by atoms with van der Waals surface area (Å²) in [4.78, 5) is 43.1. The normalized spacial score (nSPS) is 18.6. The first-order chi connectivity index (χ1) is 16.9. The van der Waals surface area contributed by atoms with Gasteiger partial charge in [0.1, 0.15) is 0 Å². The Balaban J connectivity index is 1.35. The van der Waals surface area contributed by atoms with Crippen molar-refractivity contribution in [3.63, 3.8) is 0 Å². The van der Waals surface area contributed by atoms with E-state index in [9.17, 15) is 14.4 Å². The van der Waals surface area contributed by atoms with Gasteiger partial charge in [-0.25, -0.2) is 0 Å². The fourth-order valence-electron chi connectivity index (χ4n) is 4.58. The van der Waals surface area contributed by atoms with Crippen molar-refractivity contribution < 1.29 is 14.4 Å². The average molecular weight is 492 g/mol. The van der Waals surface area contributed by atoms with Gasteiger partial charge in [0.25, 0.3) is 17.7 Å². The number of fused-ring (bicyclic) bond motifs is 1. The van der Waals surface area contributed by atoms with Crippen LogP contribution in [0.3, 0.4) is 0 Å². The molecule has 0 spiro atoms. The molecular formula is C26H26ClN5O3. The number of piperazine rings is 1. The van der Waals surface area contributed by atoms with Gasteiger partial charge in [-0.3, -0.25) is 19.3 Å². The van der Waals surface area contributed by atoms with Crippen LogP contribution in [0.1, 0.15) is 21.5 Å². The number of rotatable bonds is 6. The molecule has 0 aliphatic carbocycles. The van der Waals surface area contributed by atoms with Gasteiger partial charge in [-0.05, 0) is 36.9 Å². The van der Waals surface area contributed by atoms with Crippen LogP contribution in [0.2, 0.25) is 5.02 Å². The van der Waals surface area contributed by atoms with E-state index in [2.05, 4.69) is 32.8 Å².